The van der Waals surface area contributed by atoms with Gasteiger partial charge in [0.05, 0.1) is 5.69 Å². The molecule has 0 unspecified atom stereocenters. The Labute approximate surface area is 112 Å². The van der Waals surface area contributed by atoms with E-state index in [9.17, 15) is 13.2 Å². The highest BCUT2D eigenvalue weighted by Crippen LogP contribution is 2.32. The summed E-state index contributed by atoms with van der Waals surface area (Å²) in [6.07, 6.45) is -0.368. The molecule has 7 heteroatoms. The maximum Gasteiger partial charge on any atom is 0.405 e. The van der Waals surface area contributed by atoms with Gasteiger partial charge in [0.25, 0.3) is 0 Å². The van der Waals surface area contributed by atoms with E-state index in [2.05, 4.69) is 15.3 Å². The van der Waals surface area contributed by atoms with Crippen molar-refractivity contribution in [2.75, 3.05) is 11.9 Å². The van der Waals surface area contributed by atoms with Crippen molar-refractivity contribution in [3.05, 3.63) is 30.2 Å². The molecular formula is C12H12F3N3S. The highest BCUT2D eigenvalue weighted by molar-refractivity contribution is 7.19. The van der Waals surface area contributed by atoms with Crippen LogP contribution in [0.2, 0.25) is 0 Å². The van der Waals surface area contributed by atoms with Gasteiger partial charge in [0, 0.05) is 18.0 Å². The smallest absolute Gasteiger partial charge is 0.367 e. The number of halogens is 3. The van der Waals surface area contributed by atoms with Crippen molar-refractivity contribution >= 4 is 16.3 Å². The number of pyridine rings is 1. The molecule has 0 saturated carbocycles. The van der Waals surface area contributed by atoms with E-state index < -0.39 is 12.7 Å². The Hall–Kier alpha value is -1.63. The first-order valence-electron chi connectivity index (χ1n) is 5.70. The number of hydrogen-bond donors (Lipinski definition) is 1. The zero-order valence-electron chi connectivity index (χ0n) is 10.2. The first-order valence-corrected chi connectivity index (χ1v) is 6.52. The molecule has 0 spiro atoms. The fourth-order valence-corrected chi connectivity index (χ4v) is 2.56. The standard InChI is InChI=1S/C12H12F3N3S/c1-2-9-11(17-7-12(13,14)15)19-10(18-9)8-4-3-5-16-6-8/h3-6,17H,2,7H2,1H3. The van der Waals surface area contributed by atoms with E-state index in [1.54, 1.807) is 18.5 Å². The third-order valence-electron chi connectivity index (χ3n) is 2.39. The molecule has 0 atom stereocenters. The molecular weight excluding hydrogens is 275 g/mol. The summed E-state index contributed by atoms with van der Waals surface area (Å²) in [4.78, 5) is 8.33. The molecule has 2 aromatic heterocycles. The molecule has 0 aliphatic rings. The summed E-state index contributed by atoms with van der Waals surface area (Å²) < 4.78 is 36.7. The zero-order valence-corrected chi connectivity index (χ0v) is 11.0. The number of aryl methyl sites for hydroxylation is 1. The van der Waals surface area contributed by atoms with Crippen molar-refractivity contribution in [1.82, 2.24) is 9.97 Å². The van der Waals surface area contributed by atoms with Gasteiger partial charge in [-0.25, -0.2) is 4.98 Å². The predicted octanol–water partition coefficient (Wildman–Crippen LogP) is 3.74. The third kappa shape index (κ3) is 3.66. The monoisotopic (exact) mass is 287 g/mol. The third-order valence-corrected chi connectivity index (χ3v) is 3.49. The highest BCUT2D eigenvalue weighted by atomic mass is 32.1. The number of nitrogens with one attached hydrogen (secondary N) is 1. The summed E-state index contributed by atoms with van der Waals surface area (Å²) in [6, 6.07) is 3.60. The molecule has 0 aliphatic carbocycles. The Morgan fingerprint density at radius 2 is 2.16 bits per heavy atom. The summed E-state index contributed by atoms with van der Waals surface area (Å²) in [5.41, 5.74) is 1.45. The van der Waals surface area contributed by atoms with Crippen LogP contribution in [0.25, 0.3) is 10.6 Å². The van der Waals surface area contributed by atoms with Crippen LogP contribution in [-0.4, -0.2) is 22.7 Å². The fraction of sp³-hybridized carbons (Fsp3) is 0.333. The average Bonchev–Trinajstić information content (AvgIpc) is 2.80. The quantitative estimate of drug-likeness (QED) is 0.930. The molecule has 1 N–H and O–H groups in total. The lowest BCUT2D eigenvalue weighted by Crippen LogP contribution is -2.21. The van der Waals surface area contributed by atoms with Crippen LogP contribution in [-0.2, 0) is 6.42 Å². The van der Waals surface area contributed by atoms with Crippen molar-refractivity contribution in [3.8, 4) is 10.6 Å². The SMILES string of the molecule is CCc1nc(-c2cccnc2)sc1NCC(F)(F)F. The molecule has 0 saturated heterocycles. The van der Waals surface area contributed by atoms with Crippen LogP contribution in [0, 0.1) is 0 Å². The Balaban J connectivity index is 2.23. The van der Waals surface area contributed by atoms with Crippen molar-refractivity contribution in [2.45, 2.75) is 19.5 Å². The van der Waals surface area contributed by atoms with Crippen molar-refractivity contribution in [2.24, 2.45) is 0 Å². The Morgan fingerprint density at radius 3 is 2.74 bits per heavy atom. The number of thiazole rings is 1. The van der Waals surface area contributed by atoms with Crippen molar-refractivity contribution in [1.29, 1.82) is 0 Å². The highest BCUT2D eigenvalue weighted by Gasteiger charge is 2.27. The summed E-state index contributed by atoms with van der Waals surface area (Å²) in [7, 11) is 0. The second-order valence-corrected chi connectivity index (χ2v) is 4.86. The Morgan fingerprint density at radius 1 is 1.37 bits per heavy atom. The van der Waals surface area contributed by atoms with Gasteiger partial charge in [0.2, 0.25) is 0 Å². The van der Waals surface area contributed by atoms with Gasteiger partial charge >= 0.3 is 6.18 Å². The molecule has 2 rings (SSSR count). The maximum atomic E-state index is 12.2. The second kappa shape index (κ2) is 5.56. The molecule has 19 heavy (non-hydrogen) atoms. The summed E-state index contributed by atoms with van der Waals surface area (Å²) in [5, 5.41) is 3.55. The lowest BCUT2D eigenvalue weighted by atomic mass is 10.3. The average molecular weight is 287 g/mol. The summed E-state index contributed by atoms with van der Waals surface area (Å²) in [6.45, 7) is 0.815. The zero-order chi connectivity index (χ0) is 13.9. The number of anilines is 1. The van der Waals surface area contributed by atoms with Gasteiger partial charge in [0.1, 0.15) is 16.6 Å². The topological polar surface area (TPSA) is 37.8 Å². The minimum Gasteiger partial charge on any atom is -0.367 e. The largest absolute Gasteiger partial charge is 0.405 e. The molecule has 0 aliphatic heterocycles. The van der Waals surface area contributed by atoms with Gasteiger partial charge < -0.3 is 5.32 Å². The van der Waals surface area contributed by atoms with Crippen molar-refractivity contribution in [3.63, 3.8) is 0 Å². The Kier molecular flexibility index (Phi) is 4.04. The van der Waals surface area contributed by atoms with E-state index in [4.69, 9.17) is 0 Å². The maximum absolute atomic E-state index is 12.2. The van der Waals surface area contributed by atoms with E-state index >= 15 is 0 Å². The van der Waals surface area contributed by atoms with Crippen LogP contribution in [0.3, 0.4) is 0 Å². The lowest BCUT2D eigenvalue weighted by molar-refractivity contribution is -0.115. The molecule has 2 aromatic rings. The molecule has 0 fully saturated rings. The molecule has 0 bridgehead atoms. The molecule has 3 nitrogen and oxygen atoms in total. The van der Waals surface area contributed by atoms with E-state index in [0.29, 0.717) is 22.1 Å². The molecule has 0 aromatic carbocycles. The minimum absolute atomic E-state index is 0.471. The Bertz CT molecular complexity index is 537. The van der Waals surface area contributed by atoms with Gasteiger partial charge in [-0.05, 0) is 18.6 Å². The van der Waals surface area contributed by atoms with E-state index in [1.165, 1.54) is 11.3 Å². The molecule has 0 radical (unpaired) electrons. The first-order chi connectivity index (χ1) is 8.99. The fourth-order valence-electron chi connectivity index (χ4n) is 1.52. The first kappa shape index (κ1) is 13.8. The van der Waals surface area contributed by atoms with Gasteiger partial charge in [-0.15, -0.1) is 0 Å². The minimum atomic E-state index is -4.23. The van der Waals surface area contributed by atoms with Crippen LogP contribution >= 0.6 is 11.3 Å². The van der Waals surface area contributed by atoms with E-state index in [-0.39, 0.29) is 0 Å². The second-order valence-electron chi connectivity index (χ2n) is 3.86. The normalized spacial score (nSPS) is 11.6. The predicted molar refractivity (Wildman–Crippen MR) is 69.3 cm³/mol. The molecule has 102 valence electrons. The number of hydrogen-bond acceptors (Lipinski definition) is 4. The van der Waals surface area contributed by atoms with Crippen LogP contribution in [0.4, 0.5) is 18.2 Å². The molecule has 0 amide bonds. The van der Waals surface area contributed by atoms with Crippen LogP contribution in [0.5, 0.6) is 0 Å². The number of rotatable bonds is 4. The van der Waals surface area contributed by atoms with Crippen LogP contribution in [0.1, 0.15) is 12.6 Å². The van der Waals surface area contributed by atoms with E-state index in [1.807, 2.05) is 13.0 Å². The number of nitrogens with zero attached hydrogens (tertiary/aromatic N) is 2. The number of aromatic nitrogens is 2. The summed E-state index contributed by atoms with van der Waals surface area (Å²) >= 11 is 1.22. The molecule has 2 heterocycles. The lowest BCUT2D eigenvalue weighted by Gasteiger charge is -2.08. The van der Waals surface area contributed by atoms with E-state index in [0.717, 1.165) is 5.56 Å². The van der Waals surface area contributed by atoms with Gasteiger partial charge in [-0.1, -0.05) is 18.3 Å². The summed E-state index contributed by atoms with van der Waals surface area (Å²) in [5.74, 6) is 0. The van der Waals surface area contributed by atoms with Crippen LogP contribution < -0.4 is 5.32 Å². The van der Waals surface area contributed by atoms with Gasteiger partial charge in [-0.3, -0.25) is 4.98 Å². The number of alkyl halides is 3. The van der Waals surface area contributed by atoms with Crippen molar-refractivity contribution < 1.29 is 13.2 Å². The van der Waals surface area contributed by atoms with Gasteiger partial charge in [0.15, 0.2) is 0 Å². The van der Waals surface area contributed by atoms with Crippen LogP contribution in [0.15, 0.2) is 24.5 Å². The van der Waals surface area contributed by atoms with Gasteiger partial charge in [-0.2, -0.15) is 13.2 Å².